The summed E-state index contributed by atoms with van der Waals surface area (Å²) in [4.78, 5) is 0. The molecule has 0 saturated carbocycles. The maximum absolute atomic E-state index is 12.8. The smallest absolute Gasteiger partial charge is 0.128 e. The number of hydrogen-bond donors (Lipinski definition) is 0. The molecule has 0 bridgehead atoms. The molecule has 0 saturated heterocycles. The van der Waals surface area contributed by atoms with Gasteiger partial charge in [0.2, 0.25) is 0 Å². The van der Waals surface area contributed by atoms with Gasteiger partial charge in [-0.25, -0.2) is 4.39 Å². The molecular formula is C13H10ClFO. The fourth-order valence-corrected chi connectivity index (χ4v) is 1.70. The maximum atomic E-state index is 12.8. The standard InChI is InChI=1S/C13H10ClFO/c1-16-13-8-10(14)4-7-12(13)9-2-5-11(15)6-3-9/h2-8H,1H3. The number of halogens is 2. The first-order valence-corrected chi connectivity index (χ1v) is 5.18. The molecule has 2 aromatic rings. The van der Waals surface area contributed by atoms with Crippen LogP contribution in [-0.4, -0.2) is 7.11 Å². The molecule has 1 nitrogen and oxygen atoms in total. The molecule has 0 unspecified atom stereocenters. The Balaban J connectivity index is 2.51. The summed E-state index contributed by atoms with van der Waals surface area (Å²) in [5.74, 6) is 0.427. The Bertz CT molecular complexity index is 494. The van der Waals surface area contributed by atoms with Gasteiger partial charge in [-0.2, -0.15) is 0 Å². The van der Waals surface area contributed by atoms with Crippen molar-refractivity contribution in [1.82, 2.24) is 0 Å². The molecule has 2 rings (SSSR count). The Morgan fingerprint density at radius 1 is 1.06 bits per heavy atom. The molecule has 82 valence electrons. The zero-order valence-corrected chi connectivity index (χ0v) is 9.46. The number of rotatable bonds is 2. The van der Waals surface area contributed by atoms with Gasteiger partial charge in [0.1, 0.15) is 11.6 Å². The van der Waals surface area contributed by atoms with Crippen LogP contribution < -0.4 is 4.74 Å². The monoisotopic (exact) mass is 236 g/mol. The van der Waals surface area contributed by atoms with E-state index in [1.54, 1.807) is 31.4 Å². The predicted octanol–water partition coefficient (Wildman–Crippen LogP) is 4.15. The molecule has 0 aromatic heterocycles. The van der Waals surface area contributed by atoms with Crippen molar-refractivity contribution in [1.29, 1.82) is 0 Å². The summed E-state index contributed by atoms with van der Waals surface area (Å²) >= 11 is 5.87. The molecular weight excluding hydrogens is 227 g/mol. The van der Waals surface area contributed by atoms with Gasteiger partial charge < -0.3 is 4.74 Å². The van der Waals surface area contributed by atoms with Gasteiger partial charge >= 0.3 is 0 Å². The summed E-state index contributed by atoms with van der Waals surface area (Å²) in [6.07, 6.45) is 0. The fourth-order valence-electron chi connectivity index (χ4n) is 1.53. The van der Waals surface area contributed by atoms with Crippen molar-refractivity contribution in [2.75, 3.05) is 7.11 Å². The lowest BCUT2D eigenvalue weighted by atomic mass is 10.0. The van der Waals surface area contributed by atoms with Crippen LogP contribution in [0.5, 0.6) is 5.75 Å². The van der Waals surface area contributed by atoms with Crippen LogP contribution in [0.2, 0.25) is 5.02 Å². The molecule has 0 radical (unpaired) electrons. The lowest BCUT2D eigenvalue weighted by Crippen LogP contribution is -1.88. The van der Waals surface area contributed by atoms with Crippen LogP contribution in [0, 0.1) is 5.82 Å². The van der Waals surface area contributed by atoms with E-state index in [1.807, 2.05) is 6.07 Å². The van der Waals surface area contributed by atoms with E-state index in [0.717, 1.165) is 11.1 Å². The highest BCUT2D eigenvalue weighted by molar-refractivity contribution is 6.30. The van der Waals surface area contributed by atoms with Crippen LogP contribution >= 0.6 is 11.6 Å². The summed E-state index contributed by atoms with van der Waals surface area (Å²) in [5, 5.41) is 0.614. The number of ether oxygens (including phenoxy) is 1. The van der Waals surface area contributed by atoms with Gasteiger partial charge in [-0.15, -0.1) is 0 Å². The quantitative estimate of drug-likeness (QED) is 0.761. The van der Waals surface area contributed by atoms with Gasteiger partial charge in [0.05, 0.1) is 7.11 Å². The SMILES string of the molecule is COc1cc(Cl)ccc1-c1ccc(F)cc1. The van der Waals surface area contributed by atoms with Crippen LogP contribution in [0.3, 0.4) is 0 Å². The molecule has 0 heterocycles. The first-order valence-electron chi connectivity index (χ1n) is 4.80. The average molecular weight is 237 g/mol. The van der Waals surface area contributed by atoms with Crippen LogP contribution in [0.25, 0.3) is 11.1 Å². The summed E-state index contributed by atoms with van der Waals surface area (Å²) in [6.45, 7) is 0. The van der Waals surface area contributed by atoms with Crippen LogP contribution in [0.1, 0.15) is 0 Å². The Hall–Kier alpha value is -1.54. The molecule has 0 aliphatic rings. The number of benzene rings is 2. The van der Waals surface area contributed by atoms with E-state index < -0.39 is 0 Å². The molecule has 0 spiro atoms. The van der Waals surface area contributed by atoms with Crippen molar-refractivity contribution < 1.29 is 9.13 Å². The fraction of sp³-hybridized carbons (Fsp3) is 0.0769. The highest BCUT2D eigenvalue weighted by Gasteiger charge is 2.06. The molecule has 0 amide bonds. The second kappa shape index (κ2) is 4.54. The largest absolute Gasteiger partial charge is 0.496 e. The van der Waals surface area contributed by atoms with Crippen molar-refractivity contribution >= 4 is 11.6 Å². The second-order valence-electron chi connectivity index (χ2n) is 3.35. The molecule has 0 fully saturated rings. The Labute approximate surface area is 98.4 Å². The molecule has 0 atom stereocenters. The normalized spacial score (nSPS) is 10.2. The molecule has 2 aromatic carbocycles. The highest BCUT2D eigenvalue weighted by atomic mass is 35.5. The van der Waals surface area contributed by atoms with Crippen molar-refractivity contribution in [2.24, 2.45) is 0 Å². The van der Waals surface area contributed by atoms with Crippen molar-refractivity contribution in [2.45, 2.75) is 0 Å². The average Bonchev–Trinajstić information content (AvgIpc) is 2.30. The second-order valence-corrected chi connectivity index (χ2v) is 3.79. The van der Waals surface area contributed by atoms with E-state index in [-0.39, 0.29) is 5.82 Å². The van der Waals surface area contributed by atoms with E-state index in [0.29, 0.717) is 10.8 Å². The lowest BCUT2D eigenvalue weighted by molar-refractivity contribution is 0.416. The molecule has 3 heteroatoms. The number of hydrogen-bond acceptors (Lipinski definition) is 1. The molecule has 0 N–H and O–H groups in total. The minimum atomic E-state index is -0.253. The third-order valence-electron chi connectivity index (χ3n) is 2.32. The minimum absolute atomic E-state index is 0.253. The van der Waals surface area contributed by atoms with Crippen molar-refractivity contribution in [3.63, 3.8) is 0 Å². The van der Waals surface area contributed by atoms with E-state index in [1.165, 1.54) is 12.1 Å². The van der Waals surface area contributed by atoms with Crippen molar-refractivity contribution in [3.05, 3.63) is 53.3 Å². The minimum Gasteiger partial charge on any atom is -0.496 e. The lowest BCUT2D eigenvalue weighted by Gasteiger charge is -2.08. The van der Waals surface area contributed by atoms with E-state index >= 15 is 0 Å². The summed E-state index contributed by atoms with van der Waals surface area (Å²) in [6, 6.07) is 11.6. The summed E-state index contributed by atoms with van der Waals surface area (Å²) < 4.78 is 18.0. The molecule has 16 heavy (non-hydrogen) atoms. The Morgan fingerprint density at radius 3 is 2.38 bits per heavy atom. The van der Waals surface area contributed by atoms with E-state index in [4.69, 9.17) is 16.3 Å². The number of methoxy groups -OCH3 is 1. The van der Waals surface area contributed by atoms with Gasteiger partial charge in [0.25, 0.3) is 0 Å². The van der Waals surface area contributed by atoms with Gasteiger partial charge in [0, 0.05) is 10.6 Å². The van der Waals surface area contributed by atoms with Crippen LogP contribution in [0.4, 0.5) is 4.39 Å². The molecule has 0 aliphatic heterocycles. The van der Waals surface area contributed by atoms with Crippen molar-refractivity contribution in [3.8, 4) is 16.9 Å². The van der Waals surface area contributed by atoms with E-state index in [2.05, 4.69) is 0 Å². The third-order valence-corrected chi connectivity index (χ3v) is 2.55. The summed E-state index contributed by atoms with van der Waals surface area (Å²) in [7, 11) is 1.58. The predicted molar refractivity (Wildman–Crippen MR) is 63.4 cm³/mol. The molecule has 0 aliphatic carbocycles. The van der Waals surface area contributed by atoms with Crippen LogP contribution in [-0.2, 0) is 0 Å². The third kappa shape index (κ3) is 2.17. The first kappa shape index (κ1) is 11.0. The zero-order valence-electron chi connectivity index (χ0n) is 8.71. The van der Waals surface area contributed by atoms with Gasteiger partial charge in [0.15, 0.2) is 0 Å². The van der Waals surface area contributed by atoms with Gasteiger partial charge in [-0.3, -0.25) is 0 Å². The summed E-state index contributed by atoms with van der Waals surface area (Å²) in [5.41, 5.74) is 1.79. The van der Waals surface area contributed by atoms with Crippen LogP contribution in [0.15, 0.2) is 42.5 Å². The van der Waals surface area contributed by atoms with E-state index in [9.17, 15) is 4.39 Å². The zero-order chi connectivity index (χ0) is 11.5. The van der Waals surface area contributed by atoms with Gasteiger partial charge in [-0.1, -0.05) is 23.7 Å². The van der Waals surface area contributed by atoms with Gasteiger partial charge in [-0.05, 0) is 35.9 Å². The maximum Gasteiger partial charge on any atom is 0.128 e. The Kier molecular flexibility index (Phi) is 3.11. The topological polar surface area (TPSA) is 9.23 Å². The Morgan fingerprint density at radius 2 is 1.75 bits per heavy atom. The first-order chi connectivity index (χ1) is 7.70. The highest BCUT2D eigenvalue weighted by Crippen LogP contribution is 2.32.